The van der Waals surface area contributed by atoms with E-state index in [-0.39, 0.29) is 0 Å². The Hall–Kier alpha value is -1.14. The van der Waals surface area contributed by atoms with Gasteiger partial charge in [-0.2, -0.15) is 0 Å². The van der Waals surface area contributed by atoms with Crippen molar-refractivity contribution in [2.45, 2.75) is 12.2 Å². The summed E-state index contributed by atoms with van der Waals surface area (Å²) in [5.74, 6) is 0.765. The molecule has 19 heavy (non-hydrogen) atoms. The smallest absolute Gasteiger partial charge is 0.119 e. The molecule has 5 heteroatoms. The number of likely N-dealkylation sites (N-methyl/N-ethyl adjacent to an activating group) is 2. The highest BCUT2D eigenvalue weighted by Crippen LogP contribution is 2.20. The molecule has 0 saturated carbocycles. The first-order valence-corrected chi connectivity index (χ1v) is 6.43. The second-order valence-corrected chi connectivity index (χ2v) is 4.79. The van der Waals surface area contributed by atoms with Gasteiger partial charge in [-0.05, 0) is 38.8 Å². The number of aliphatic hydroxyl groups excluding tert-OH is 2. The molecule has 1 rings (SSSR count). The molecule has 108 valence electrons. The Labute approximate surface area is 114 Å². The van der Waals surface area contributed by atoms with E-state index < -0.39 is 12.2 Å². The lowest BCUT2D eigenvalue weighted by Gasteiger charge is -2.18. The molecule has 0 saturated heterocycles. The number of ether oxygens (including phenoxy) is 1. The summed E-state index contributed by atoms with van der Waals surface area (Å²) < 4.78 is 5.56. The van der Waals surface area contributed by atoms with E-state index in [0.717, 1.165) is 12.3 Å². The van der Waals surface area contributed by atoms with Gasteiger partial charge in [-0.3, -0.25) is 0 Å². The first-order valence-electron chi connectivity index (χ1n) is 6.43. The van der Waals surface area contributed by atoms with Gasteiger partial charge in [-0.15, -0.1) is 0 Å². The third-order valence-corrected chi connectivity index (χ3v) is 2.81. The molecule has 0 bridgehead atoms. The predicted octanol–water partition coefficient (Wildman–Crippen LogP) is 0.241. The SMILES string of the molecule is CNCC(O)C(O)c1ccc(OCCN(C)C)cc1. The third-order valence-electron chi connectivity index (χ3n) is 2.81. The van der Waals surface area contributed by atoms with Gasteiger partial charge >= 0.3 is 0 Å². The number of rotatable bonds is 8. The fourth-order valence-corrected chi connectivity index (χ4v) is 1.65. The van der Waals surface area contributed by atoms with Gasteiger partial charge in [0.2, 0.25) is 0 Å². The summed E-state index contributed by atoms with van der Waals surface area (Å²) in [6.07, 6.45) is -1.70. The highest BCUT2D eigenvalue weighted by Gasteiger charge is 2.17. The quantitative estimate of drug-likeness (QED) is 0.630. The minimum Gasteiger partial charge on any atom is -0.492 e. The fourth-order valence-electron chi connectivity index (χ4n) is 1.65. The van der Waals surface area contributed by atoms with E-state index in [0.29, 0.717) is 18.7 Å². The maximum absolute atomic E-state index is 9.92. The van der Waals surface area contributed by atoms with E-state index >= 15 is 0 Å². The van der Waals surface area contributed by atoms with Crippen molar-refractivity contribution < 1.29 is 14.9 Å². The Kier molecular flexibility index (Phi) is 6.80. The molecule has 5 nitrogen and oxygen atoms in total. The van der Waals surface area contributed by atoms with Crippen molar-refractivity contribution in [1.82, 2.24) is 10.2 Å². The molecule has 0 aromatic heterocycles. The van der Waals surface area contributed by atoms with Gasteiger partial charge in [0.25, 0.3) is 0 Å². The second-order valence-electron chi connectivity index (χ2n) is 4.79. The summed E-state index contributed by atoms with van der Waals surface area (Å²) in [5, 5.41) is 22.4. The molecule has 1 aromatic carbocycles. The molecule has 0 fully saturated rings. The van der Waals surface area contributed by atoms with Crippen LogP contribution in [0.2, 0.25) is 0 Å². The summed E-state index contributed by atoms with van der Waals surface area (Å²) in [5.41, 5.74) is 0.683. The molecule has 1 aromatic rings. The van der Waals surface area contributed by atoms with Crippen LogP contribution in [-0.4, -0.2) is 62.1 Å². The van der Waals surface area contributed by atoms with Crippen LogP contribution in [0.5, 0.6) is 5.75 Å². The van der Waals surface area contributed by atoms with Crippen molar-refractivity contribution in [3.63, 3.8) is 0 Å². The molecular weight excluding hydrogens is 244 g/mol. The van der Waals surface area contributed by atoms with Gasteiger partial charge in [-0.1, -0.05) is 12.1 Å². The fraction of sp³-hybridized carbons (Fsp3) is 0.571. The van der Waals surface area contributed by atoms with Crippen LogP contribution >= 0.6 is 0 Å². The molecule has 2 atom stereocenters. The zero-order valence-electron chi connectivity index (χ0n) is 11.8. The second kappa shape index (κ2) is 8.12. The summed E-state index contributed by atoms with van der Waals surface area (Å²) in [6, 6.07) is 7.16. The number of nitrogens with one attached hydrogen (secondary N) is 1. The number of hydrogen-bond donors (Lipinski definition) is 3. The molecule has 0 amide bonds. The van der Waals surface area contributed by atoms with E-state index in [1.165, 1.54) is 0 Å². The minimum absolute atomic E-state index is 0.349. The van der Waals surface area contributed by atoms with Gasteiger partial charge in [-0.25, -0.2) is 0 Å². The maximum Gasteiger partial charge on any atom is 0.119 e. The zero-order chi connectivity index (χ0) is 14.3. The highest BCUT2D eigenvalue weighted by molar-refractivity contribution is 5.29. The number of hydrogen-bond acceptors (Lipinski definition) is 5. The summed E-state index contributed by atoms with van der Waals surface area (Å²) in [6.45, 7) is 1.82. The number of benzene rings is 1. The van der Waals surface area contributed by atoms with Crippen LogP contribution in [0.1, 0.15) is 11.7 Å². The molecule has 0 aliphatic rings. The van der Waals surface area contributed by atoms with E-state index in [9.17, 15) is 10.2 Å². The Morgan fingerprint density at radius 3 is 2.37 bits per heavy atom. The largest absolute Gasteiger partial charge is 0.492 e. The number of aliphatic hydroxyl groups is 2. The highest BCUT2D eigenvalue weighted by atomic mass is 16.5. The molecule has 0 aliphatic carbocycles. The van der Waals surface area contributed by atoms with E-state index in [2.05, 4.69) is 5.32 Å². The molecule has 0 heterocycles. The van der Waals surface area contributed by atoms with Crippen molar-refractivity contribution in [1.29, 1.82) is 0 Å². The van der Waals surface area contributed by atoms with Crippen molar-refractivity contribution in [2.75, 3.05) is 40.8 Å². The van der Waals surface area contributed by atoms with Crippen molar-refractivity contribution in [2.24, 2.45) is 0 Å². The predicted molar refractivity (Wildman–Crippen MR) is 75.4 cm³/mol. The first kappa shape index (κ1) is 15.9. The molecular formula is C14H24N2O3. The topological polar surface area (TPSA) is 65.0 Å². The summed E-state index contributed by atoms with van der Waals surface area (Å²) in [4.78, 5) is 2.05. The molecule has 3 N–H and O–H groups in total. The van der Waals surface area contributed by atoms with E-state index in [1.807, 2.05) is 19.0 Å². The van der Waals surface area contributed by atoms with Crippen LogP contribution in [0.15, 0.2) is 24.3 Å². The van der Waals surface area contributed by atoms with Crippen molar-refractivity contribution in [3.8, 4) is 5.75 Å². The van der Waals surface area contributed by atoms with Crippen LogP contribution in [0.25, 0.3) is 0 Å². The van der Waals surface area contributed by atoms with Gasteiger partial charge in [0.15, 0.2) is 0 Å². The van der Waals surface area contributed by atoms with Crippen molar-refractivity contribution in [3.05, 3.63) is 29.8 Å². The van der Waals surface area contributed by atoms with E-state index in [4.69, 9.17) is 4.74 Å². The lowest BCUT2D eigenvalue weighted by Crippen LogP contribution is -2.29. The number of nitrogens with zero attached hydrogens (tertiary/aromatic N) is 1. The standard InChI is InChI=1S/C14H24N2O3/c1-15-10-13(17)14(18)11-4-6-12(7-5-11)19-9-8-16(2)3/h4-7,13-15,17-18H,8-10H2,1-3H3. The van der Waals surface area contributed by atoms with Crippen molar-refractivity contribution >= 4 is 0 Å². The Morgan fingerprint density at radius 2 is 1.84 bits per heavy atom. The molecule has 2 unspecified atom stereocenters. The van der Waals surface area contributed by atoms with Crippen LogP contribution in [0, 0.1) is 0 Å². The monoisotopic (exact) mass is 268 g/mol. The molecule has 0 radical (unpaired) electrons. The van der Waals surface area contributed by atoms with Crippen LogP contribution in [0.3, 0.4) is 0 Å². The van der Waals surface area contributed by atoms with Gasteiger partial charge in [0, 0.05) is 13.1 Å². The Morgan fingerprint density at radius 1 is 1.21 bits per heavy atom. The van der Waals surface area contributed by atoms with E-state index in [1.54, 1.807) is 31.3 Å². The van der Waals surface area contributed by atoms with Gasteiger partial charge in [0.05, 0.1) is 6.10 Å². The maximum atomic E-state index is 9.92. The van der Waals surface area contributed by atoms with Crippen LogP contribution in [-0.2, 0) is 0 Å². The summed E-state index contributed by atoms with van der Waals surface area (Å²) in [7, 11) is 5.72. The minimum atomic E-state index is -0.886. The normalized spacial score (nSPS) is 14.4. The first-order chi connectivity index (χ1) is 9.04. The molecule has 0 aliphatic heterocycles. The lowest BCUT2D eigenvalue weighted by molar-refractivity contribution is 0.0202. The van der Waals surface area contributed by atoms with Gasteiger partial charge in [0.1, 0.15) is 18.5 Å². The summed E-state index contributed by atoms with van der Waals surface area (Å²) >= 11 is 0. The van der Waals surface area contributed by atoms with Crippen LogP contribution in [0.4, 0.5) is 0 Å². The molecule has 0 spiro atoms. The Balaban J connectivity index is 2.51. The van der Waals surface area contributed by atoms with Gasteiger partial charge < -0.3 is 25.2 Å². The Bertz CT molecular complexity index is 354. The zero-order valence-corrected chi connectivity index (χ0v) is 11.8. The average molecular weight is 268 g/mol. The lowest BCUT2D eigenvalue weighted by atomic mass is 10.0. The van der Waals surface area contributed by atoms with Crippen LogP contribution < -0.4 is 10.1 Å². The third kappa shape index (κ3) is 5.57. The average Bonchev–Trinajstić information content (AvgIpc) is 2.38.